The predicted molar refractivity (Wildman–Crippen MR) is 88.0 cm³/mol. The first-order valence-corrected chi connectivity index (χ1v) is 8.49. The molecule has 1 aliphatic heterocycles. The Labute approximate surface area is 138 Å². The Morgan fingerprint density at radius 2 is 1.74 bits per heavy atom. The van der Waals surface area contributed by atoms with Gasteiger partial charge in [0.15, 0.2) is 0 Å². The lowest BCUT2D eigenvalue weighted by atomic mass is 10.2. The zero-order valence-electron chi connectivity index (χ0n) is 14.5. The number of nitrogens with one attached hydrogen (secondary N) is 1. The van der Waals surface area contributed by atoms with Crippen molar-refractivity contribution in [2.24, 2.45) is 5.73 Å². The van der Waals surface area contributed by atoms with E-state index in [2.05, 4.69) is 5.32 Å². The molecule has 0 bridgehead atoms. The van der Waals surface area contributed by atoms with Gasteiger partial charge in [-0.15, -0.1) is 0 Å². The molecule has 132 valence electrons. The Morgan fingerprint density at radius 3 is 2.26 bits per heavy atom. The molecule has 7 nitrogen and oxygen atoms in total. The number of nitrogens with two attached hydrogens (primary N) is 1. The molecule has 3 N–H and O–H groups in total. The van der Waals surface area contributed by atoms with Crippen LogP contribution in [0.4, 0.5) is 4.79 Å². The molecule has 0 radical (unpaired) electrons. The second kappa shape index (κ2) is 7.49. The van der Waals surface area contributed by atoms with Crippen molar-refractivity contribution in [1.29, 1.82) is 0 Å². The minimum absolute atomic E-state index is 0.0920. The molecular weight excluding hydrogens is 296 g/mol. The van der Waals surface area contributed by atoms with Crippen LogP contribution in [0.25, 0.3) is 0 Å². The van der Waals surface area contributed by atoms with Crippen molar-refractivity contribution >= 4 is 12.0 Å². The lowest BCUT2D eigenvalue weighted by molar-refractivity contribution is -0.132. The summed E-state index contributed by atoms with van der Waals surface area (Å²) >= 11 is 0. The van der Waals surface area contributed by atoms with Crippen molar-refractivity contribution in [1.82, 2.24) is 15.1 Å². The minimum Gasteiger partial charge on any atom is -0.444 e. The van der Waals surface area contributed by atoms with E-state index in [1.54, 1.807) is 4.90 Å². The lowest BCUT2D eigenvalue weighted by Crippen LogP contribution is -2.53. The number of hydrogen-bond donors (Lipinski definition) is 2. The van der Waals surface area contributed by atoms with E-state index >= 15 is 0 Å². The first-order chi connectivity index (χ1) is 10.7. The van der Waals surface area contributed by atoms with Crippen LogP contribution in [0.5, 0.6) is 0 Å². The van der Waals surface area contributed by atoms with Gasteiger partial charge < -0.3 is 25.6 Å². The summed E-state index contributed by atoms with van der Waals surface area (Å²) in [5.41, 5.74) is 5.39. The van der Waals surface area contributed by atoms with Crippen LogP contribution in [0.3, 0.4) is 0 Å². The molecule has 2 rings (SSSR count). The molecule has 2 fully saturated rings. The number of carbonyl (C=O) groups excluding carboxylic acids is 2. The van der Waals surface area contributed by atoms with E-state index in [4.69, 9.17) is 10.5 Å². The van der Waals surface area contributed by atoms with Gasteiger partial charge in [-0.3, -0.25) is 4.79 Å². The highest BCUT2D eigenvalue weighted by Gasteiger charge is 2.28. The number of rotatable bonds is 3. The molecule has 2 unspecified atom stereocenters. The number of carbonyl (C=O) groups is 2. The van der Waals surface area contributed by atoms with Crippen LogP contribution in [0.15, 0.2) is 0 Å². The second-order valence-corrected chi connectivity index (χ2v) is 7.50. The van der Waals surface area contributed by atoms with E-state index in [0.717, 1.165) is 19.3 Å². The average Bonchev–Trinajstić information content (AvgIpc) is 2.89. The maximum absolute atomic E-state index is 12.2. The summed E-state index contributed by atoms with van der Waals surface area (Å²) in [7, 11) is 0. The summed E-state index contributed by atoms with van der Waals surface area (Å²) in [6.45, 7) is 8.07. The Hall–Kier alpha value is -1.34. The van der Waals surface area contributed by atoms with E-state index in [1.807, 2.05) is 25.7 Å². The van der Waals surface area contributed by atoms with Gasteiger partial charge in [-0.2, -0.15) is 0 Å². The van der Waals surface area contributed by atoms with Crippen molar-refractivity contribution in [3.63, 3.8) is 0 Å². The first-order valence-electron chi connectivity index (χ1n) is 8.49. The van der Waals surface area contributed by atoms with Crippen LogP contribution in [-0.4, -0.2) is 72.2 Å². The average molecular weight is 326 g/mol. The minimum atomic E-state index is -0.490. The van der Waals surface area contributed by atoms with Crippen molar-refractivity contribution in [2.45, 2.75) is 57.7 Å². The highest BCUT2D eigenvalue weighted by atomic mass is 16.6. The molecule has 0 aromatic carbocycles. The van der Waals surface area contributed by atoms with E-state index in [1.165, 1.54) is 0 Å². The molecule has 2 atom stereocenters. The van der Waals surface area contributed by atoms with Crippen molar-refractivity contribution in [3.05, 3.63) is 0 Å². The van der Waals surface area contributed by atoms with Gasteiger partial charge >= 0.3 is 6.09 Å². The molecule has 2 amide bonds. The van der Waals surface area contributed by atoms with Crippen LogP contribution < -0.4 is 11.1 Å². The van der Waals surface area contributed by atoms with E-state index in [0.29, 0.717) is 38.8 Å². The summed E-state index contributed by atoms with van der Waals surface area (Å²) in [5, 5.41) is 3.30. The Kier molecular flexibility index (Phi) is 5.86. The summed E-state index contributed by atoms with van der Waals surface area (Å²) in [6, 6.07) is 0.622. The van der Waals surface area contributed by atoms with Gasteiger partial charge in [-0.05, 0) is 40.0 Å². The molecule has 1 aliphatic carbocycles. The molecular formula is C16H30N4O3. The highest BCUT2D eigenvalue weighted by Crippen LogP contribution is 2.17. The highest BCUT2D eigenvalue weighted by molar-refractivity contribution is 5.78. The van der Waals surface area contributed by atoms with Crippen LogP contribution in [-0.2, 0) is 9.53 Å². The normalized spacial score (nSPS) is 25.6. The molecule has 1 saturated heterocycles. The fourth-order valence-electron chi connectivity index (χ4n) is 3.01. The fourth-order valence-corrected chi connectivity index (χ4v) is 3.01. The predicted octanol–water partition coefficient (Wildman–Crippen LogP) is 0.535. The van der Waals surface area contributed by atoms with Gasteiger partial charge in [0.05, 0.1) is 6.54 Å². The van der Waals surface area contributed by atoms with Gasteiger partial charge in [0.1, 0.15) is 5.60 Å². The number of hydrogen-bond acceptors (Lipinski definition) is 5. The van der Waals surface area contributed by atoms with Crippen molar-refractivity contribution < 1.29 is 14.3 Å². The largest absolute Gasteiger partial charge is 0.444 e. The van der Waals surface area contributed by atoms with E-state index in [-0.39, 0.29) is 18.0 Å². The van der Waals surface area contributed by atoms with E-state index in [9.17, 15) is 9.59 Å². The third kappa shape index (κ3) is 5.66. The number of amides is 2. The quantitative estimate of drug-likeness (QED) is 0.790. The Morgan fingerprint density at radius 1 is 1.13 bits per heavy atom. The lowest BCUT2D eigenvalue weighted by Gasteiger charge is -2.35. The monoisotopic (exact) mass is 326 g/mol. The molecule has 0 spiro atoms. The molecule has 7 heteroatoms. The Bertz CT molecular complexity index is 428. The van der Waals surface area contributed by atoms with Gasteiger partial charge in [0.2, 0.25) is 5.91 Å². The molecule has 23 heavy (non-hydrogen) atoms. The zero-order chi connectivity index (χ0) is 17.0. The third-order valence-electron chi connectivity index (χ3n) is 4.30. The smallest absolute Gasteiger partial charge is 0.410 e. The third-order valence-corrected chi connectivity index (χ3v) is 4.30. The molecule has 0 aromatic rings. The molecule has 0 aromatic heterocycles. The molecule has 2 aliphatic rings. The maximum Gasteiger partial charge on any atom is 0.410 e. The SMILES string of the molecule is CC(C)(C)OC(=O)N1CCN(C(=O)CNC2CCC(N)C2)CC1. The number of ether oxygens (including phenoxy) is 1. The van der Waals surface area contributed by atoms with Crippen molar-refractivity contribution in [2.75, 3.05) is 32.7 Å². The Balaban J connectivity index is 1.69. The second-order valence-electron chi connectivity index (χ2n) is 7.50. The summed E-state index contributed by atoms with van der Waals surface area (Å²) < 4.78 is 5.36. The number of nitrogens with zero attached hydrogens (tertiary/aromatic N) is 2. The van der Waals surface area contributed by atoms with Crippen LogP contribution in [0, 0.1) is 0 Å². The van der Waals surface area contributed by atoms with Gasteiger partial charge in [0.25, 0.3) is 0 Å². The summed E-state index contributed by atoms with van der Waals surface area (Å²) in [6.07, 6.45) is 2.71. The van der Waals surface area contributed by atoms with Gasteiger partial charge in [-0.25, -0.2) is 4.79 Å². The summed E-state index contributed by atoms with van der Waals surface area (Å²) in [4.78, 5) is 27.7. The zero-order valence-corrected chi connectivity index (χ0v) is 14.5. The van der Waals surface area contributed by atoms with Crippen LogP contribution in [0.2, 0.25) is 0 Å². The molecule has 1 heterocycles. The topological polar surface area (TPSA) is 87.9 Å². The fraction of sp³-hybridized carbons (Fsp3) is 0.875. The van der Waals surface area contributed by atoms with Crippen molar-refractivity contribution in [3.8, 4) is 0 Å². The first kappa shape index (κ1) is 18.0. The van der Waals surface area contributed by atoms with Gasteiger partial charge in [-0.1, -0.05) is 0 Å². The molecule has 1 saturated carbocycles. The number of piperazine rings is 1. The van der Waals surface area contributed by atoms with Crippen LogP contribution >= 0.6 is 0 Å². The summed E-state index contributed by atoms with van der Waals surface area (Å²) in [5.74, 6) is 0.0920. The maximum atomic E-state index is 12.2. The van der Waals surface area contributed by atoms with E-state index < -0.39 is 5.60 Å². The van der Waals surface area contributed by atoms with Crippen LogP contribution in [0.1, 0.15) is 40.0 Å². The van der Waals surface area contributed by atoms with Gasteiger partial charge in [0, 0.05) is 38.3 Å². The standard InChI is InChI=1S/C16H30N4O3/c1-16(2,3)23-15(22)20-8-6-19(7-9-20)14(21)11-18-13-5-4-12(17)10-13/h12-13,18H,4-11,17H2,1-3H3.